The molecule has 0 fully saturated rings. The van der Waals surface area contributed by atoms with E-state index >= 15 is 0 Å². The van der Waals surface area contributed by atoms with Crippen molar-refractivity contribution in [2.45, 2.75) is 13.1 Å². The van der Waals surface area contributed by atoms with Crippen molar-refractivity contribution in [2.24, 2.45) is 0 Å². The van der Waals surface area contributed by atoms with Crippen molar-refractivity contribution >= 4 is 34.8 Å². The number of carbonyl (C=O) groups excluding carboxylic acids is 1. The van der Waals surface area contributed by atoms with E-state index in [1.807, 2.05) is 47.2 Å². The molecule has 146 valence electrons. The predicted octanol–water partition coefficient (Wildman–Crippen LogP) is 5.68. The van der Waals surface area contributed by atoms with Crippen LogP contribution in [-0.4, -0.2) is 15.5 Å². The van der Waals surface area contributed by atoms with Crippen molar-refractivity contribution in [2.75, 3.05) is 4.90 Å². The number of amides is 1. The largest absolute Gasteiger partial charge is 0.459 e. The molecule has 0 radical (unpaired) electrons. The topological polar surface area (TPSA) is 51.3 Å². The van der Waals surface area contributed by atoms with Crippen LogP contribution < -0.4 is 4.90 Å². The zero-order valence-corrected chi connectivity index (χ0v) is 16.8. The van der Waals surface area contributed by atoms with E-state index in [1.165, 1.54) is 6.26 Å². The van der Waals surface area contributed by atoms with Gasteiger partial charge in [-0.2, -0.15) is 0 Å². The summed E-state index contributed by atoms with van der Waals surface area (Å²) in [4.78, 5) is 19.2. The van der Waals surface area contributed by atoms with E-state index in [2.05, 4.69) is 4.98 Å². The fraction of sp³-hybridized carbons (Fsp3) is 0.0909. The zero-order chi connectivity index (χ0) is 20.2. The van der Waals surface area contributed by atoms with Crippen LogP contribution in [0.25, 0.3) is 0 Å². The lowest BCUT2D eigenvalue weighted by atomic mass is 10.2. The van der Waals surface area contributed by atoms with Gasteiger partial charge in [0.1, 0.15) is 5.82 Å². The van der Waals surface area contributed by atoms with Crippen LogP contribution in [0.15, 0.2) is 83.7 Å². The van der Waals surface area contributed by atoms with Crippen LogP contribution in [-0.2, 0) is 13.1 Å². The van der Waals surface area contributed by atoms with Crippen LogP contribution in [0.2, 0.25) is 10.0 Å². The number of aromatic nitrogens is 2. The molecule has 4 aromatic rings. The number of furan rings is 1. The summed E-state index contributed by atoms with van der Waals surface area (Å²) in [5, 5.41) is 1.17. The number of anilines is 1. The Balaban J connectivity index is 1.63. The van der Waals surface area contributed by atoms with E-state index in [0.29, 0.717) is 16.6 Å². The summed E-state index contributed by atoms with van der Waals surface area (Å²) in [7, 11) is 0. The molecule has 0 aliphatic carbocycles. The van der Waals surface area contributed by atoms with E-state index < -0.39 is 0 Å². The lowest BCUT2D eigenvalue weighted by molar-refractivity contribution is 0.0957. The van der Waals surface area contributed by atoms with Gasteiger partial charge in [0.05, 0.1) is 19.4 Å². The molecular formula is C22H17Cl2N3O2. The van der Waals surface area contributed by atoms with Crippen LogP contribution in [0.5, 0.6) is 0 Å². The summed E-state index contributed by atoms with van der Waals surface area (Å²) in [5.41, 5.74) is 1.67. The Bertz CT molecular complexity index is 1110. The minimum absolute atomic E-state index is 0.236. The average Bonchev–Trinajstić information content (AvgIpc) is 3.41. The van der Waals surface area contributed by atoms with Gasteiger partial charge in [-0.25, -0.2) is 4.98 Å². The Morgan fingerprint density at radius 2 is 1.90 bits per heavy atom. The van der Waals surface area contributed by atoms with Gasteiger partial charge in [-0.05, 0) is 42.0 Å². The van der Waals surface area contributed by atoms with Gasteiger partial charge in [0.15, 0.2) is 5.76 Å². The molecular weight excluding hydrogens is 409 g/mol. The number of hydrogen-bond donors (Lipinski definition) is 0. The summed E-state index contributed by atoms with van der Waals surface area (Å²) >= 11 is 12.3. The second kappa shape index (κ2) is 8.55. The summed E-state index contributed by atoms with van der Waals surface area (Å²) in [6.07, 6.45) is 5.06. The van der Waals surface area contributed by atoms with E-state index in [4.69, 9.17) is 27.6 Å². The third kappa shape index (κ3) is 4.36. The highest BCUT2D eigenvalue weighted by Crippen LogP contribution is 2.24. The van der Waals surface area contributed by atoms with Crippen molar-refractivity contribution in [3.05, 3.63) is 107 Å². The first kappa shape index (κ1) is 19.3. The lowest BCUT2D eigenvalue weighted by Gasteiger charge is -2.22. The fourth-order valence-corrected chi connectivity index (χ4v) is 3.50. The molecule has 0 aliphatic rings. The van der Waals surface area contributed by atoms with Gasteiger partial charge < -0.3 is 8.98 Å². The standard InChI is InChI=1S/C22H17Cl2N3O2/c23-17-9-8-16(19(24)13-17)14-26-11-10-25-21(26)15-27(18-5-2-1-3-6-18)22(28)20-7-4-12-29-20/h1-13H,14-15H2. The minimum atomic E-state index is -0.236. The number of benzene rings is 2. The van der Waals surface area contributed by atoms with Crippen molar-refractivity contribution < 1.29 is 9.21 Å². The molecule has 5 nitrogen and oxygen atoms in total. The molecule has 0 N–H and O–H groups in total. The van der Waals surface area contributed by atoms with E-state index in [1.54, 1.807) is 35.4 Å². The van der Waals surface area contributed by atoms with Crippen LogP contribution in [0.1, 0.15) is 21.9 Å². The third-order valence-corrected chi connectivity index (χ3v) is 5.09. The Labute approximate surface area is 178 Å². The van der Waals surface area contributed by atoms with Gasteiger partial charge in [0.25, 0.3) is 5.91 Å². The molecule has 0 aliphatic heterocycles. The number of para-hydroxylation sites is 1. The van der Waals surface area contributed by atoms with Crippen molar-refractivity contribution in [3.8, 4) is 0 Å². The fourth-order valence-electron chi connectivity index (χ4n) is 3.03. The van der Waals surface area contributed by atoms with Crippen LogP contribution in [0.3, 0.4) is 0 Å². The van der Waals surface area contributed by atoms with Gasteiger partial charge in [-0.3, -0.25) is 9.69 Å². The maximum atomic E-state index is 13.1. The molecule has 0 unspecified atom stereocenters. The minimum Gasteiger partial charge on any atom is -0.459 e. The van der Waals surface area contributed by atoms with Crippen LogP contribution in [0, 0.1) is 0 Å². The summed E-state index contributed by atoms with van der Waals surface area (Å²) in [6, 6.07) is 18.2. The second-order valence-electron chi connectivity index (χ2n) is 6.41. The number of hydrogen-bond acceptors (Lipinski definition) is 3. The lowest BCUT2D eigenvalue weighted by Crippen LogP contribution is -2.31. The SMILES string of the molecule is O=C(c1ccco1)N(Cc1nccn1Cc1ccc(Cl)cc1Cl)c1ccccc1. The van der Waals surface area contributed by atoms with Crippen molar-refractivity contribution in [3.63, 3.8) is 0 Å². The molecule has 2 aromatic carbocycles. The molecule has 0 saturated carbocycles. The first-order valence-electron chi connectivity index (χ1n) is 8.96. The van der Waals surface area contributed by atoms with Crippen molar-refractivity contribution in [1.82, 2.24) is 9.55 Å². The van der Waals surface area contributed by atoms with E-state index in [-0.39, 0.29) is 18.2 Å². The molecule has 7 heteroatoms. The van der Waals surface area contributed by atoms with Crippen LogP contribution >= 0.6 is 23.2 Å². The molecule has 29 heavy (non-hydrogen) atoms. The maximum absolute atomic E-state index is 13.1. The molecule has 0 saturated heterocycles. The first-order valence-corrected chi connectivity index (χ1v) is 9.72. The molecule has 2 aromatic heterocycles. The van der Waals surface area contributed by atoms with Gasteiger partial charge >= 0.3 is 0 Å². The number of nitrogens with zero attached hydrogens (tertiary/aromatic N) is 3. The van der Waals surface area contributed by atoms with Gasteiger partial charge in [0, 0.05) is 28.1 Å². The highest BCUT2D eigenvalue weighted by Gasteiger charge is 2.22. The normalized spacial score (nSPS) is 10.8. The van der Waals surface area contributed by atoms with Crippen LogP contribution in [0.4, 0.5) is 5.69 Å². The van der Waals surface area contributed by atoms with Gasteiger partial charge in [-0.15, -0.1) is 0 Å². The quantitative estimate of drug-likeness (QED) is 0.399. The maximum Gasteiger partial charge on any atom is 0.294 e. The third-order valence-electron chi connectivity index (χ3n) is 4.50. The molecule has 1 amide bonds. The van der Waals surface area contributed by atoms with Gasteiger partial charge in [-0.1, -0.05) is 47.5 Å². The Morgan fingerprint density at radius 1 is 1.07 bits per heavy atom. The Hall–Kier alpha value is -3.02. The highest BCUT2D eigenvalue weighted by molar-refractivity contribution is 6.35. The Morgan fingerprint density at radius 3 is 2.62 bits per heavy atom. The molecule has 0 spiro atoms. The van der Waals surface area contributed by atoms with E-state index in [9.17, 15) is 4.79 Å². The molecule has 0 bridgehead atoms. The smallest absolute Gasteiger partial charge is 0.294 e. The number of carbonyl (C=O) groups is 1. The number of imidazole rings is 1. The highest BCUT2D eigenvalue weighted by atomic mass is 35.5. The summed E-state index contributed by atoms with van der Waals surface area (Å²) in [5.74, 6) is 0.757. The number of rotatable bonds is 6. The Kier molecular flexibility index (Phi) is 5.69. The zero-order valence-electron chi connectivity index (χ0n) is 15.3. The van der Waals surface area contributed by atoms with Crippen molar-refractivity contribution in [1.29, 1.82) is 0 Å². The van der Waals surface area contributed by atoms with E-state index in [0.717, 1.165) is 17.1 Å². The second-order valence-corrected chi connectivity index (χ2v) is 7.25. The molecule has 4 rings (SSSR count). The number of halogens is 2. The predicted molar refractivity (Wildman–Crippen MR) is 113 cm³/mol. The summed E-state index contributed by atoms with van der Waals surface area (Å²) in [6.45, 7) is 0.796. The average molecular weight is 426 g/mol. The molecule has 0 atom stereocenters. The monoisotopic (exact) mass is 425 g/mol. The van der Waals surface area contributed by atoms with Gasteiger partial charge in [0.2, 0.25) is 0 Å². The summed E-state index contributed by atoms with van der Waals surface area (Å²) < 4.78 is 7.28. The molecule has 2 heterocycles. The first-order chi connectivity index (χ1) is 14.1.